The van der Waals surface area contributed by atoms with E-state index in [4.69, 9.17) is 4.42 Å². The number of Topliss-reactive ketones (excluding diaryl/α,β-unsaturated/α-hetero) is 1. The maximum absolute atomic E-state index is 11.8. The second-order valence-corrected chi connectivity index (χ2v) is 3.55. The van der Waals surface area contributed by atoms with E-state index in [2.05, 4.69) is 5.32 Å². The van der Waals surface area contributed by atoms with E-state index in [0.717, 1.165) is 11.0 Å². The van der Waals surface area contributed by atoms with Crippen LogP contribution in [0.1, 0.15) is 17.3 Å². The van der Waals surface area contributed by atoms with Gasteiger partial charge in [-0.1, -0.05) is 12.1 Å². The molecule has 0 unspecified atom stereocenters. The number of ketones is 1. The van der Waals surface area contributed by atoms with E-state index in [1.807, 2.05) is 25.1 Å². The summed E-state index contributed by atoms with van der Waals surface area (Å²) in [6.45, 7) is 1.84. The molecule has 3 nitrogen and oxygen atoms in total. The number of hydrogen-bond acceptors (Lipinski definition) is 3. The topological polar surface area (TPSA) is 42.2 Å². The van der Waals surface area contributed by atoms with E-state index < -0.39 is 0 Å². The fraction of sp³-hybridized carbons (Fsp3) is 0.250. The fourth-order valence-corrected chi connectivity index (χ4v) is 1.49. The summed E-state index contributed by atoms with van der Waals surface area (Å²) in [5, 5.41) is 3.94. The number of nitrogens with one attached hydrogen (secondary N) is 1. The van der Waals surface area contributed by atoms with Gasteiger partial charge >= 0.3 is 0 Å². The Morgan fingerprint density at radius 3 is 2.93 bits per heavy atom. The average molecular weight is 203 g/mol. The number of furan rings is 1. The Balaban J connectivity index is 2.39. The molecule has 1 heterocycles. The molecule has 2 rings (SSSR count). The molecule has 15 heavy (non-hydrogen) atoms. The summed E-state index contributed by atoms with van der Waals surface area (Å²) in [6, 6.07) is 7.22. The molecule has 1 atom stereocenters. The van der Waals surface area contributed by atoms with Crippen LogP contribution >= 0.6 is 0 Å². The molecule has 0 saturated heterocycles. The van der Waals surface area contributed by atoms with Crippen LogP contribution in [-0.4, -0.2) is 18.9 Å². The van der Waals surface area contributed by atoms with Gasteiger partial charge in [0.25, 0.3) is 0 Å². The lowest BCUT2D eigenvalue weighted by atomic mass is 10.0. The van der Waals surface area contributed by atoms with Crippen molar-refractivity contribution < 1.29 is 9.21 Å². The maximum Gasteiger partial charge on any atom is 0.179 e. The Hall–Kier alpha value is -1.61. The van der Waals surface area contributed by atoms with Gasteiger partial charge in [0, 0.05) is 10.9 Å². The molecule has 1 aromatic carbocycles. The molecule has 0 bridgehead atoms. The van der Waals surface area contributed by atoms with Crippen molar-refractivity contribution in [2.24, 2.45) is 0 Å². The Labute approximate surface area is 88.1 Å². The zero-order valence-electron chi connectivity index (χ0n) is 8.78. The van der Waals surface area contributed by atoms with E-state index in [0.29, 0.717) is 5.56 Å². The molecule has 0 aliphatic rings. The fourth-order valence-electron chi connectivity index (χ4n) is 1.49. The molecule has 3 heteroatoms. The predicted octanol–water partition coefficient (Wildman–Crippen LogP) is 2.22. The molecule has 1 aromatic heterocycles. The molecular formula is C12H13NO2. The number of carbonyl (C=O) groups is 1. The standard InChI is InChI=1S/C12H13NO2/c1-8(13-2)12(14)10-4-3-9-5-6-15-11(9)7-10/h3-8,13H,1-2H3/t8-/m1/s1. The van der Waals surface area contributed by atoms with Crippen LogP contribution in [0.15, 0.2) is 34.9 Å². The Morgan fingerprint density at radius 1 is 1.40 bits per heavy atom. The minimum absolute atomic E-state index is 0.0794. The lowest BCUT2D eigenvalue weighted by Gasteiger charge is -2.08. The Kier molecular flexibility index (Phi) is 2.56. The highest BCUT2D eigenvalue weighted by Gasteiger charge is 2.13. The summed E-state index contributed by atoms with van der Waals surface area (Å²) in [4.78, 5) is 11.8. The van der Waals surface area contributed by atoms with Gasteiger partial charge in [0.1, 0.15) is 5.58 Å². The molecule has 2 aromatic rings. The van der Waals surface area contributed by atoms with Crippen LogP contribution in [0.2, 0.25) is 0 Å². The number of fused-ring (bicyclic) bond motifs is 1. The smallest absolute Gasteiger partial charge is 0.179 e. The molecule has 0 aliphatic carbocycles. The largest absolute Gasteiger partial charge is 0.464 e. The van der Waals surface area contributed by atoms with Gasteiger partial charge in [-0.15, -0.1) is 0 Å². The highest BCUT2D eigenvalue weighted by Crippen LogP contribution is 2.17. The molecular weight excluding hydrogens is 190 g/mol. The molecule has 0 fully saturated rings. The average Bonchev–Trinajstić information content (AvgIpc) is 2.73. The van der Waals surface area contributed by atoms with Crippen molar-refractivity contribution in [1.29, 1.82) is 0 Å². The van der Waals surface area contributed by atoms with Crippen LogP contribution in [0.3, 0.4) is 0 Å². The summed E-state index contributed by atoms with van der Waals surface area (Å²) in [7, 11) is 1.77. The third-order valence-corrected chi connectivity index (χ3v) is 2.57. The summed E-state index contributed by atoms with van der Waals surface area (Å²) in [6.07, 6.45) is 1.63. The lowest BCUT2D eigenvalue weighted by Crippen LogP contribution is -2.30. The molecule has 0 amide bonds. The van der Waals surface area contributed by atoms with Crippen molar-refractivity contribution in [1.82, 2.24) is 5.32 Å². The van der Waals surface area contributed by atoms with Gasteiger partial charge in [-0.05, 0) is 26.1 Å². The second-order valence-electron chi connectivity index (χ2n) is 3.55. The van der Waals surface area contributed by atoms with Crippen molar-refractivity contribution >= 4 is 16.8 Å². The monoisotopic (exact) mass is 203 g/mol. The van der Waals surface area contributed by atoms with E-state index in [1.54, 1.807) is 19.4 Å². The predicted molar refractivity (Wildman–Crippen MR) is 59.1 cm³/mol. The van der Waals surface area contributed by atoms with E-state index in [9.17, 15) is 4.79 Å². The quantitative estimate of drug-likeness (QED) is 0.778. The van der Waals surface area contributed by atoms with Gasteiger partial charge in [-0.2, -0.15) is 0 Å². The SMILES string of the molecule is CN[C@H](C)C(=O)c1ccc2ccoc2c1. The number of carbonyl (C=O) groups excluding carboxylic acids is 1. The van der Waals surface area contributed by atoms with Crippen LogP contribution in [0.5, 0.6) is 0 Å². The molecule has 0 radical (unpaired) electrons. The molecule has 0 saturated carbocycles. The van der Waals surface area contributed by atoms with Gasteiger partial charge in [-0.25, -0.2) is 0 Å². The Morgan fingerprint density at radius 2 is 2.20 bits per heavy atom. The van der Waals surface area contributed by atoms with E-state index in [-0.39, 0.29) is 11.8 Å². The maximum atomic E-state index is 11.8. The van der Waals surface area contributed by atoms with Gasteiger partial charge in [0.2, 0.25) is 0 Å². The zero-order valence-corrected chi connectivity index (χ0v) is 8.78. The third-order valence-electron chi connectivity index (χ3n) is 2.57. The summed E-state index contributed by atoms with van der Waals surface area (Å²) in [5.74, 6) is 0.0794. The van der Waals surface area contributed by atoms with Crippen LogP contribution in [0.4, 0.5) is 0 Å². The normalized spacial score (nSPS) is 12.9. The first-order valence-electron chi connectivity index (χ1n) is 4.91. The van der Waals surface area contributed by atoms with Crippen molar-refractivity contribution in [2.45, 2.75) is 13.0 Å². The van der Waals surface area contributed by atoms with Gasteiger partial charge in [0.15, 0.2) is 5.78 Å². The van der Waals surface area contributed by atoms with Crippen LogP contribution in [0.25, 0.3) is 11.0 Å². The van der Waals surface area contributed by atoms with Crippen molar-refractivity contribution in [3.63, 3.8) is 0 Å². The first kappa shape index (κ1) is 9.93. The number of likely N-dealkylation sites (N-methyl/N-ethyl adjacent to an activating group) is 1. The summed E-state index contributed by atoms with van der Waals surface area (Å²) < 4.78 is 5.25. The second kappa shape index (κ2) is 3.87. The highest BCUT2D eigenvalue weighted by molar-refractivity contribution is 6.02. The van der Waals surface area contributed by atoms with Crippen LogP contribution in [-0.2, 0) is 0 Å². The number of hydrogen-bond donors (Lipinski definition) is 1. The first-order valence-corrected chi connectivity index (χ1v) is 4.91. The molecule has 78 valence electrons. The van der Waals surface area contributed by atoms with E-state index >= 15 is 0 Å². The minimum atomic E-state index is -0.169. The van der Waals surface area contributed by atoms with Gasteiger partial charge < -0.3 is 9.73 Å². The minimum Gasteiger partial charge on any atom is -0.464 e. The van der Waals surface area contributed by atoms with Crippen molar-refractivity contribution in [3.8, 4) is 0 Å². The van der Waals surface area contributed by atoms with Crippen molar-refractivity contribution in [3.05, 3.63) is 36.1 Å². The molecule has 0 aliphatic heterocycles. The third kappa shape index (κ3) is 1.78. The zero-order chi connectivity index (χ0) is 10.8. The Bertz CT molecular complexity index is 487. The number of benzene rings is 1. The van der Waals surface area contributed by atoms with Gasteiger partial charge in [-0.3, -0.25) is 4.79 Å². The van der Waals surface area contributed by atoms with Crippen LogP contribution in [0, 0.1) is 0 Å². The molecule has 1 N–H and O–H groups in total. The highest BCUT2D eigenvalue weighted by atomic mass is 16.3. The first-order chi connectivity index (χ1) is 7.22. The molecule has 0 spiro atoms. The summed E-state index contributed by atoms with van der Waals surface area (Å²) >= 11 is 0. The van der Waals surface area contributed by atoms with E-state index in [1.165, 1.54) is 0 Å². The van der Waals surface area contributed by atoms with Crippen LogP contribution < -0.4 is 5.32 Å². The van der Waals surface area contributed by atoms with Crippen molar-refractivity contribution in [2.75, 3.05) is 7.05 Å². The number of rotatable bonds is 3. The lowest BCUT2D eigenvalue weighted by molar-refractivity contribution is 0.0955. The van der Waals surface area contributed by atoms with Gasteiger partial charge in [0.05, 0.1) is 12.3 Å². The summed E-state index contributed by atoms with van der Waals surface area (Å²) in [5.41, 5.74) is 1.43.